The van der Waals surface area contributed by atoms with Gasteiger partial charge in [0.05, 0.1) is 13.2 Å². The molecular weight excluding hydrogens is 589 g/mol. The number of unbranched alkanes of at least 4 members (excludes halogenated alkanes) is 6. The largest absolute Gasteiger partial charge is 0.480 e. The number of carboxylic acid groups (broad SMARTS) is 1. The van der Waals surface area contributed by atoms with Crippen molar-refractivity contribution in [2.45, 2.75) is 116 Å². The molecule has 0 aliphatic heterocycles. The van der Waals surface area contributed by atoms with Crippen molar-refractivity contribution >= 4 is 25.7 Å². The van der Waals surface area contributed by atoms with Crippen LogP contribution in [0.1, 0.15) is 104 Å². The van der Waals surface area contributed by atoms with Gasteiger partial charge in [-0.25, -0.2) is 4.57 Å². The molecule has 0 saturated carbocycles. The molecule has 0 rings (SSSR count). The molecule has 11 nitrogen and oxygen atoms in total. The third kappa shape index (κ3) is 27.0. The molecule has 0 aromatic rings. The smallest absolute Gasteiger partial charge is 0.472 e. The third-order valence-electron chi connectivity index (χ3n) is 6.09. The van der Waals surface area contributed by atoms with E-state index in [1.165, 1.54) is 0 Å². The van der Waals surface area contributed by atoms with Crippen molar-refractivity contribution in [2.24, 2.45) is 5.73 Å². The van der Waals surface area contributed by atoms with Crippen LogP contribution in [-0.4, -0.2) is 59.9 Å². The Kier molecular flexibility index (Phi) is 26.3. The standard InChI is InChI=1S/C32H54NO10P/c1-3-5-7-8-9-10-11-12-13-14-15-16-17-18-19-20-22-24-31(35)43-28(25-40-30(34)23-21-6-4-2)26-41-44(38,39)42-27-29(33)32(36)37/h5,7,9-10,12-13,15-16,28-29H,3-4,6,8,11,14,17-27,33H2,1-2H3,(H,36,37)(H,38,39)/b7-5-,10-9-,13-12-,16-15-. The predicted octanol–water partition coefficient (Wildman–Crippen LogP) is 6.71. The van der Waals surface area contributed by atoms with E-state index in [1.54, 1.807) is 0 Å². The number of carboxylic acids is 1. The molecule has 3 atom stereocenters. The molecule has 0 spiro atoms. The lowest BCUT2D eigenvalue weighted by Gasteiger charge is -2.20. The summed E-state index contributed by atoms with van der Waals surface area (Å²) in [5.74, 6) is -2.45. The molecule has 0 aromatic heterocycles. The Bertz CT molecular complexity index is 947. The summed E-state index contributed by atoms with van der Waals surface area (Å²) in [6.07, 6.45) is 27.2. The van der Waals surface area contributed by atoms with Crippen LogP contribution >= 0.6 is 7.82 Å². The van der Waals surface area contributed by atoms with Crippen molar-refractivity contribution < 1.29 is 47.5 Å². The first-order valence-corrected chi connectivity index (χ1v) is 17.2. The Hall–Kier alpha value is -2.56. The molecule has 0 aromatic carbocycles. The highest BCUT2D eigenvalue weighted by molar-refractivity contribution is 7.47. The number of hydrogen-bond donors (Lipinski definition) is 3. The zero-order chi connectivity index (χ0) is 32.9. The van der Waals surface area contributed by atoms with Gasteiger partial charge in [-0.3, -0.25) is 23.4 Å². The molecule has 0 fully saturated rings. The van der Waals surface area contributed by atoms with Crippen molar-refractivity contribution in [1.29, 1.82) is 0 Å². The number of aliphatic carboxylic acids is 1. The van der Waals surface area contributed by atoms with Crippen LogP contribution in [0.15, 0.2) is 48.6 Å². The Morgan fingerprint density at radius 3 is 1.89 bits per heavy atom. The number of phosphoric acid groups is 1. The van der Waals surface area contributed by atoms with Gasteiger partial charge in [0.25, 0.3) is 0 Å². The van der Waals surface area contributed by atoms with E-state index in [0.29, 0.717) is 12.8 Å². The second kappa shape index (κ2) is 28.0. The van der Waals surface area contributed by atoms with E-state index >= 15 is 0 Å². The average Bonchev–Trinajstić information content (AvgIpc) is 2.99. The second-order valence-corrected chi connectivity index (χ2v) is 11.7. The van der Waals surface area contributed by atoms with Gasteiger partial charge in [0.1, 0.15) is 12.6 Å². The van der Waals surface area contributed by atoms with Gasteiger partial charge in [-0.1, -0.05) is 88.1 Å². The van der Waals surface area contributed by atoms with Crippen LogP contribution in [0.4, 0.5) is 0 Å². The fourth-order valence-electron chi connectivity index (χ4n) is 3.58. The normalized spacial score (nSPS) is 14.8. The quantitative estimate of drug-likeness (QED) is 0.0358. The fraction of sp³-hybridized carbons (Fsp3) is 0.656. The Labute approximate surface area is 263 Å². The van der Waals surface area contributed by atoms with Crippen LogP contribution in [0.5, 0.6) is 0 Å². The summed E-state index contributed by atoms with van der Waals surface area (Å²) in [4.78, 5) is 45.0. The molecule has 0 aliphatic carbocycles. The van der Waals surface area contributed by atoms with Crippen molar-refractivity contribution in [1.82, 2.24) is 0 Å². The summed E-state index contributed by atoms with van der Waals surface area (Å²) in [7, 11) is -4.70. The summed E-state index contributed by atoms with van der Waals surface area (Å²) < 4.78 is 32.0. The van der Waals surface area contributed by atoms with Crippen molar-refractivity contribution in [3.05, 3.63) is 48.6 Å². The number of carbonyl (C=O) groups excluding carboxylic acids is 2. The summed E-state index contributed by atoms with van der Waals surface area (Å²) in [6, 6.07) is -1.52. The molecule has 0 saturated heterocycles. The number of allylic oxidation sites excluding steroid dienone is 8. The maximum Gasteiger partial charge on any atom is 0.472 e. The number of rotatable bonds is 28. The number of carbonyl (C=O) groups is 3. The lowest BCUT2D eigenvalue weighted by molar-refractivity contribution is -0.161. The molecule has 0 heterocycles. The molecule has 0 bridgehead atoms. The van der Waals surface area contributed by atoms with Gasteiger partial charge in [0, 0.05) is 12.8 Å². The molecule has 44 heavy (non-hydrogen) atoms. The number of hydrogen-bond acceptors (Lipinski definition) is 9. The maximum absolute atomic E-state index is 12.4. The topological polar surface area (TPSA) is 172 Å². The third-order valence-corrected chi connectivity index (χ3v) is 7.04. The summed E-state index contributed by atoms with van der Waals surface area (Å²) in [5, 5.41) is 8.78. The van der Waals surface area contributed by atoms with E-state index in [9.17, 15) is 23.8 Å². The average molecular weight is 644 g/mol. The Morgan fingerprint density at radius 2 is 1.27 bits per heavy atom. The molecule has 0 radical (unpaired) electrons. The van der Waals surface area contributed by atoms with E-state index in [1.807, 2.05) is 6.92 Å². The van der Waals surface area contributed by atoms with Gasteiger partial charge in [-0.15, -0.1) is 0 Å². The van der Waals surface area contributed by atoms with Crippen LogP contribution in [0.3, 0.4) is 0 Å². The molecular formula is C32H54NO10P. The lowest BCUT2D eigenvalue weighted by Crippen LogP contribution is -2.34. The van der Waals surface area contributed by atoms with Crippen LogP contribution in [0.2, 0.25) is 0 Å². The first-order valence-electron chi connectivity index (χ1n) is 15.7. The maximum atomic E-state index is 12.4. The molecule has 0 amide bonds. The minimum absolute atomic E-state index is 0.131. The van der Waals surface area contributed by atoms with Crippen molar-refractivity contribution in [2.75, 3.05) is 19.8 Å². The molecule has 252 valence electrons. The van der Waals surface area contributed by atoms with Gasteiger partial charge >= 0.3 is 25.7 Å². The number of ether oxygens (including phenoxy) is 2. The number of phosphoric ester groups is 1. The molecule has 4 N–H and O–H groups in total. The van der Waals surface area contributed by atoms with Gasteiger partial charge < -0.3 is 25.2 Å². The summed E-state index contributed by atoms with van der Waals surface area (Å²) in [6.45, 7) is 2.41. The first-order chi connectivity index (χ1) is 21.1. The first kappa shape index (κ1) is 41.4. The van der Waals surface area contributed by atoms with Crippen LogP contribution in [-0.2, 0) is 37.5 Å². The van der Waals surface area contributed by atoms with E-state index < -0.39 is 51.1 Å². The monoisotopic (exact) mass is 643 g/mol. The number of esters is 2. The fourth-order valence-corrected chi connectivity index (χ4v) is 4.36. The van der Waals surface area contributed by atoms with Gasteiger partial charge in [-0.2, -0.15) is 0 Å². The van der Waals surface area contributed by atoms with Gasteiger partial charge in [0.15, 0.2) is 6.10 Å². The zero-order valence-electron chi connectivity index (χ0n) is 26.5. The van der Waals surface area contributed by atoms with E-state index in [2.05, 4.69) is 60.1 Å². The number of nitrogens with two attached hydrogens (primary N) is 1. The molecule has 12 heteroatoms. The SMILES string of the molecule is CC/C=C\C/C=C\C/C=C\C/C=C\CCCCCCC(=O)OC(COC(=O)CCCCC)COP(=O)(O)OCC(N)C(=O)O. The minimum Gasteiger partial charge on any atom is -0.480 e. The zero-order valence-corrected chi connectivity index (χ0v) is 27.4. The minimum atomic E-state index is -4.70. The van der Waals surface area contributed by atoms with Crippen LogP contribution in [0, 0.1) is 0 Å². The Balaban J connectivity index is 4.39. The van der Waals surface area contributed by atoms with E-state index in [0.717, 1.165) is 64.2 Å². The summed E-state index contributed by atoms with van der Waals surface area (Å²) in [5.41, 5.74) is 5.26. The van der Waals surface area contributed by atoms with Gasteiger partial charge in [0.2, 0.25) is 0 Å². The van der Waals surface area contributed by atoms with Crippen molar-refractivity contribution in [3.63, 3.8) is 0 Å². The Morgan fingerprint density at radius 1 is 0.727 bits per heavy atom. The van der Waals surface area contributed by atoms with Crippen molar-refractivity contribution in [3.8, 4) is 0 Å². The highest BCUT2D eigenvalue weighted by Crippen LogP contribution is 2.43. The van der Waals surface area contributed by atoms with Crippen LogP contribution in [0.25, 0.3) is 0 Å². The van der Waals surface area contributed by atoms with E-state index in [4.69, 9.17) is 24.8 Å². The highest BCUT2D eigenvalue weighted by Gasteiger charge is 2.28. The summed E-state index contributed by atoms with van der Waals surface area (Å²) >= 11 is 0. The molecule has 3 unspecified atom stereocenters. The highest BCUT2D eigenvalue weighted by atomic mass is 31.2. The second-order valence-electron chi connectivity index (χ2n) is 10.2. The lowest BCUT2D eigenvalue weighted by atomic mass is 10.1. The van der Waals surface area contributed by atoms with Crippen LogP contribution < -0.4 is 5.73 Å². The molecule has 0 aliphatic rings. The predicted molar refractivity (Wildman–Crippen MR) is 171 cm³/mol. The van der Waals surface area contributed by atoms with E-state index in [-0.39, 0.29) is 19.4 Å². The van der Waals surface area contributed by atoms with Gasteiger partial charge in [-0.05, 0) is 51.4 Å².